The molecular weight excluding hydrogens is 262 g/mol. The van der Waals surface area contributed by atoms with E-state index in [2.05, 4.69) is 6.07 Å². The first-order valence-electron chi connectivity index (χ1n) is 7.05. The van der Waals surface area contributed by atoms with Crippen LogP contribution in [0.25, 0.3) is 0 Å². The van der Waals surface area contributed by atoms with Gasteiger partial charge in [-0.2, -0.15) is 0 Å². The van der Waals surface area contributed by atoms with E-state index in [1.807, 2.05) is 56.3 Å². The number of nitrogens with zero attached hydrogens (tertiary/aromatic N) is 1. The zero-order valence-corrected chi connectivity index (χ0v) is 13.0. The zero-order chi connectivity index (χ0) is 15.4. The van der Waals surface area contributed by atoms with Crippen molar-refractivity contribution in [1.29, 1.82) is 0 Å². The van der Waals surface area contributed by atoms with Crippen molar-refractivity contribution < 1.29 is 9.53 Å². The molecule has 0 aliphatic carbocycles. The maximum atomic E-state index is 12.4. The molecule has 0 fully saturated rings. The Bertz CT molecular complexity index is 602. The fourth-order valence-corrected chi connectivity index (χ4v) is 2.31. The molecule has 1 atom stereocenters. The summed E-state index contributed by atoms with van der Waals surface area (Å²) in [5.74, 6) is 0.662. The average molecular weight is 283 g/mol. The first-order chi connectivity index (χ1) is 9.97. The summed E-state index contributed by atoms with van der Waals surface area (Å²) in [4.78, 5) is 14.0. The maximum absolute atomic E-state index is 12.4. The predicted molar refractivity (Wildman–Crippen MR) is 85.9 cm³/mol. The molecule has 110 valence electrons. The highest BCUT2D eigenvalue weighted by Gasteiger charge is 2.20. The van der Waals surface area contributed by atoms with Crippen LogP contribution in [0.15, 0.2) is 48.5 Å². The Kier molecular flexibility index (Phi) is 4.63. The number of ether oxygens (including phenoxy) is 1. The van der Waals surface area contributed by atoms with E-state index in [0.717, 1.165) is 22.6 Å². The van der Waals surface area contributed by atoms with E-state index in [0.29, 0.717) is 0 Å². The van der Waals surface area contributed by atoms with E-state index in [9.17, 15) is 4.79 Å². The van der Waals surface area contributed by atoms with Gasteiger partial charge in [-0.15, -0.1) is 0 Å². The molecule has 0 aliphatic heterocycles. The maximum Gasteiger partial charge on any atom is 0.267 e. The lowest BCUT2D eigenvalue weighted by Crippen LogP contribution is -2.38. The number of carbonyl (C=O) groups excluding carboxylic acids is 1. The Labute approximate surface area is 126 Å². The quantitative estimate of drug-likeness (QED) is 0.855. The van der Waals surface area contributed by atoms with Gasteiger partial charge >= 0.3 is 0 Å². The smallest absolute Gasteiger partial charge is 0.267 e. The molecule has 0 aromatic heterocycles. The van der Waals surface area contributed by atoms with E-state index < -0.39 is 6.10 Å². The molecule has 0 saturated carbocycles. The Morgan fingerprint density at radius 1 is 1.05 bits per heavy atom. The summed E-state index contributed by atoms with van der Waals surface area (Å²) in [7, 11) is 1.76. The highest BCUT2D eigenvalue weighted by Crippen LogP contribution is 2.19. The van der Waals surface area contributed by atoms with Crippen LogP contribution in [0.3, 0.4) is 0 Å². The second kappa shape index (κ2) is 6.44. The van der Waals surface area contributed by atoms with Gasteiger partial charge < -0.3 is 9.64 Å². The Morgan fingerprint density at radius 2 is 1.62 bits per heavy atom. The zero-order valence-electron chi connectivity index (χ0n) is 13.0. The van der Waals surface area contributed by atoms with Gasteiger partial charge in [-0.05, 0) is 56.2 Å². The summed E-state index contributed by atoms with van der Waals surface area (Å²) < 4.78 is 5.79. The molecule has 0 aliphatic rings. The number of benzene rings is 2. The number of anilines is 1. The van der Waals surface area contributed by atoms with E-state index in [1.165, 1.54) is 0 Å². The van der Waals surface area contributed by atoms with Crippen molar-refractivity contribution in [3.05, 3.63) is 59.7 Å². The van der Waals surface area contributed by atoms with Crippen LogP contribution in [0.1, 0.15) is 18.1 Å². The molecule has 3 nitrogen and oxygen atoms in total. The fourth-order valence-electron chi connectivity index (χ4n) is 2.31. The predicted octanol–water partition coefficient (Wildman–Crippen LogP) is 3.73. The molecule has 0 saturated heterocycles. The highest BCUT2D eigenvalue weighted by atomic mass is 16.5. The average Bonchev–Trinajstić information content (AvgIpc) is 2.45. The number of carbonyl (C=O) groups is 1. The number of hydrogen-bond donors (Lipinski definition) is 0. The molecule has 0 bridgehead atoms. The summed E-state index contributed by atoms with van der Waals surface area (Å²) in [5.41, 5.74) is 3.11. The van der Waals surface area contributed by atoms with Crippen LogP contribution < -0.4 is 9.64 Å². The molecule has 21 heavy (non-hydrogen) atoms. The summed E-state index contributed by atoms with van der Waals surface area (Å²) in [6.45, 7) is 5.81. The number of aryl methyl sites for hydroxylation is 2. The van der Waals surface area contributed by atoms with Crippen molar-refractivity contribution in [3.8, 4) is 5.75 Å². The van der Waals surface area contributed by atoms with E-state index >= 15 is 0 Å². The number of amides is 1. The first kappa shape index (κ1) is 15.1. The van der Waals surface area contributed by atoms with Crippen LogP contribution in [-0.2, 0) is 4.79 Å². The van der Waals surface area contributed by atoms with Crippen LogP contribution in [0.2, 0.25) is 0 Å². The van der Waals surface area contributed by atoms with Crippen LogP contribution >= 0.6 is 0 Å². The van der Waals surface area contributed by atoms with Gasteiger partial charge in [0, 0.05) is 12.7 Å². The van der Waals surface area contributed by atoms with Crippen molar-refractivity contribution in [1.82, 2.24) is 0 Å². The third-order valence-electron chi connectivity index (χ3n) is 3.33. The second-order valence-corrected chi connectivity index (χ2v) is 5.32. The van der Waals surface area contributed by atoms with Crippen molar-refractivity contribution in [2.24, 2.45) is 0 Å². The SMILES string of the molecule is Cc1cc(C)cc(OC(C)C(=O)N(C)c2ccccc2)c1. The normalized spacial score (nSPS) is 11.8. The number of rotatable bonds is 4. The van der Waals surface area contributed by atoms with Gasteiger partial charge in [0.05, 0.1) is 0 Å². The highest BCUT2D eigenvalue weighted by molar-refractivity contribution is 5.95. The molecule has 2 aromatic carbocycles. The summed E-state index contributed by atoms with van der Waals surface area (Å²) in [6, 6.07) is 15.5. The first-order valence-corrected chi connectivity index (χ1v) is 7.05. The van der Waals surface area contributed by atoms with Crippen LogP contribution in [0.5, 0.6) is 5.75 Å². The van der Waals surface area contributed by atoms with Gasteiger partial charge in [0.25, 0.3) is 5.91 Å². The topological polar surface area (TPSA) is 29.5 Å². The Balaban J connectivity index is 2.09. The van der Waals surface area contributed by atoms with Gasteiger partial charge in [0.1, 0.15) is 5.75 Å². The van der Waals surface area contributed by atoms with Crippen molar-refractivity contribution >= 4 is 11.6 Å². The van der Waals surface area contributed by atoms with Crippen molar-refractivity contribution in [2.45, 2.75) is 26.9 Å². The number of hydrogen-bond acceptors (Lipinski definition) is 2. The molecule has 0 spiro atoms. The van der Waals surface area contributed by atoms with Gasteiger partial charge in [0.2, 0.25) is 0 Å². The molecule has 1 amide bonds. The fraction of sp³-hybridized carbons (Fsp3) is 0.278. The van der Waals surface area contributed by atoms with E-state index in [4.69, 9.17) is 4.74 Å². The lowest BCUT2D eigenvalue weighted by atomic mass is 10.1. The second-order valence-electron chi connectivity index (χ2n) is 5.32. The lowest BCUT2D eigenvalue weighted by molar-refractivity contribution is -0.124. The van der Waals surface area contributed by atoms with E-state index in [-0.39, 0.29) is 5.91 Å². The Hall–Kier alpha value is -2.29. The molecule has 0 radical (unpaired) electrons. The van der Waals surface area contributed by atoms with Gasteiger partial charge in [-0.1, -0.05) is 24.3 Å². The molecule has 0 heterocycles. The van der Waals surface area contributed by atoms with Crippen LogP contribution in [-0.4, -0.2) is 19.1 Å². The standard InChI is InChI=1S/C18H21NO2/c1-13-10-14(2)12-17(11-13)21-15(3)18(20)19(4)16-8-6-5-7-9-16/h5-12,15H,1-4H3. The molecular formula is C18H21NO2. The lowest BCUT2D eigenvalue weighted by Gasteiger charge is -2.22. The monoisotopic (exact) mass is 283 g/mol. The van der Waals surface area contributed by atoms with Crippen molar-refractivity contribution in [2.75, 3.05) is 11.9 Å². The number of likely N-dealkylation sites (N-methyl/N-ethyl adjacent to an activating group) is 1. The largest absolute Gasteiger partial charge is 0.481 e. The minimum Gasteiger partial charge on any atom is -0.481 e. The summed E-state index contributed by atoms with van der Waals surface area (Å²) >= 11 is 0. The van der Waals surface area contributed by atoms with Gasteiger partial charge in [0.15, 0.2) is 6.10 Å². The minimum atomic E-state index is -0.531. The van der Waals surface area contributed by atoms with Gasteiger partial charge in [-0.3, -0.25) is 4.79 Å². The minimum absolute atomic E-state index is 0.0691. The number of para-hydroxylation sites is 1. The van der Waals surface area contributed by atoms with Crippen LogP contribution in [0, 0.1) is 13.8 Å². The molecule has 1 unspecified atom stereocenters. The van der Waals surface area contributed by atoms with Crippen LogP contribution in [0.4, 0.5) is 5.69 Å². The third kappa shape index (κ3) is 3.85. The van der Waals surface area contributed by atoms with Crippen molar-refractivity contribution in [3.63, 3.8) is 0 Å². The molecule has 3 heteroatoms. The summed E-state index contributed by atoms with van der Waals surface area (Å²) in [6.07, 6.45) is -0.531. The summed E-state index contributed by atoms with van der Waals surface area (Å²) in [5, 5.41) is 0. The van der Waals surface area contributed by atoms with Gasteiger partial charge in [-0.25, -0.2) is 0 Å². The Morgan fingerprint density at radius 3 is 2.19 bits per heavy atom. The molecule has 2 rings (SSSR count). The van der Waals surface area contributed by atoms with E-state index in [1.54, 1.807) is 18.9 Å². The molecule has 0 N–H and O–H groups in total. The molecule has 2 aromatic rings. The third-order valence-corrected chi connectivity index (χ3v) is 3.33.